The van der Waals surface area contributed by atoms with E-state index in [1.165, 1.54) is 18.3 Å². The Morgan fingerprint density at radius 1 is 1.28 bits per heavy atom. The maximum absolute atomic E-state index is 12.5. The monoisotopic (exact) mass is 378 g/mol. The highest BCUT2D eigenvalue weighted by atomic mass is 35.5. The number of hydrogen-bond acceptors (Lipinski definition) is 5. The summed E-state index contributed by atoms with van der Waals surface area (Å²) in [5.74, 6) is -0.102. The molecule has 1 aliphatic heterocycles. The van der Waals surface area contributed by atoms with E-state index in [0.29, 0.717) is 23.9 Å². The van der Waals surface area contributed by atoms with Gasteiger partial charge in [-0.3, -0.25) is 9.59 Å². The number of piperazine rings is 1. The van der Waals surface area contributed by atoms with Crippen LogP contribution in [0.4, 0.5) is 10.8 Å². The normalized spacial score (nSPS) is 14.5. The lowest BCUT2D eigenvalue weighted by Gasteiger charge is -2.36. The summed E-state index contributed by atoms with van der Waals surface area (Å²) in [4.78, 5) is 31.8. The standard InChI is InChI=1S/C17H19ClN4O2S/c1-12(23)19-17-20-14(11-25-17)10-16(24)22-7-5-21(6-8-22)15-4-2-3-13(18)9-15/h2-4,9,11H,5-8,10H2,1H3,(H,19,20,23). The van der Waals surface area contributed by atoms with Gasteiger partial charge in [-0.15, -0.1) is 11.3 Å². The summed E-state index contributed by atoms with van der Waals surface area (Å²) in [6.07, 6.45) is 0.257. The maximum atomic E-state index is 12.5. The molecule has 0 saturated carbocycles. The number of anilines is 2. The number of aromatic nitrogens is 1. The van der Waals surface area contributed by atoms with Gasteiger partial charge in [-0.2, -0.15) is 0 Å². The Hall–Kier alpha value is -2.12. The van der Waals surface area contributed by atoms with Crippen molar-refractivity contribution >= 4 is 45.6 Å². The van der Waals surface area contributed by atoms with Crippen LogP contribution < -0.4 is 10.2 Å². The third kappa shape index (κ3) is 4.70. The van der Waals surface area contributed by atoms with E-state index in [0.717, 1.165) is 23.8 Å². The molecule has 25 heavy (non-hydrogen) atoms. The van der Waals surface area contributed by atoms with E-state index in [1.54, 1.807) is 0 Å². The lowest BCUT2D eigenvalue weighted by Crippen LogP contribution is -2.49. The molecule has 2 heterocycles. The molecule has 1 saturated heterocycles. The average molecular weight is 379 g/mol. The summed E-state index contributed by atoms with van der Waals surface area (Å²) in [5.41, 5.74) is 1.77. The number of amides is 2. The smallest absolute Gasteiger partial charge is 0.228 e. The van der Waals surface area contributed by atoms with Crippen molar-refractivity contribution in [1.29, 1.82) is 0 Å². The zero-order chi connectivity index (χ0) is 17.8. The van der Waals surface area contributed by atoms with Gasteiger partial charge in [0.25, 0.3) is 0 Å². The van der Waals surface area contributed by atoms with Gasteiger partial charge in [-0.25, -0.2) is 4.98 Å². The van der Waals surface area contributed by atoms with Crippen molar-refractivity contribution in [3.05, 3.63) is 40.4 Å². The second kappa shape index (κ2) is 7.84. The molecule has 1 aromatic heterocycles. The molecule has 2 aromatic rings. The molecule has 1 aliphatic rings. The van der Waals surface area contributed by atoms with E-state index in [-0.39, 0.29) is 18.2 Å². The van der Waals surface area contributed by atoms with E-state index in [4.69, 9.17) is 11.6 Å². The zero-order valence-electron chi connectivity index (χ0n) is 13.9. The van der Waals surface area contributed by atoms with Crippen LogP contribution in [0.15, 0.2) is 29.6 Å². The molecule has 3 rings (SSSR count). The zero-order valence-corrected chi connectivity index (χ0v) is 15.4. The molecule has 0 atom stereocenters. The fourth-order valence-corrected chi connectivity index (χ4v) is 3.69. The van der Waals surface area contributed by atoms with Crippen LogP contribution in [0.3, 0.4) is 0 Å². The van der Waals surface area contributed by atoms with E-state index < -0.39 is 0 Å². The highest BCUT2D eigenvalue weighted by Crippen LogP contribution is 2.21. The van der Waals surface area contributed by atoms with Crippen molar-refractivity contribution in [3.63, 3.8) is 0 Å². The van der Waals surface area contributed by atoms with Crippen LogP contribution in [0.5, 0.6) is 0 Å². The average Bonchev–Trinajstić information content (AvgIpc) is 3.01. The van der Waals surface area contributed by atoms with Crippen molar-refractivity contribution in [3.8, 4) is 0 Å². The number of nitrogens with zero attached hydrogens (tertiary/aromatic N) is 3. The van der Waals surface area contributed by atoms with Gasteiger partial charge in [0.1, 0.15) is 0 Å². The largest absolute Gasteiger partial charge is 0.368 e. The molecule has 0 aliphatic carbocycles. The SMILES string of the molecule is CC(=O)Nc1nc(CC(=O)N2CCN(c3cccc(Cl)c3)CC2)cs1. The Bertz CT molecular complexity index is 772. The fourth-order valence-electron chi connectivity index (χ4n) is 2.75. The first-order valence-electron chi connectivity index (χ1n) is 8.01. The molecule has 0 bridgehead atoms. The van der Waals surface area contributed by atoms with Crippen molar-refractivity contribution in [2.45, 2.75) is 13.3 Å². The molecule has 0 unspecified atom stereocenters. The third-order valence-corrected chi connectivity index (χ3v) is 5.01. The summed E-state index contributed by atoms with van der Waals surface area (Å²) in [6.45, 7) is 4.34. The van der Waals surface area contributed by atoms with E-state index >= 15 is 0 Å². The molecule has 1 fully saturated rings. The Labute approximate surface area is 155 Å². The van der Waals surface area contributed by atoms with Crippen LogP contribution in [0.1, 0.15) is 12.6 Å². The lowest BCUT2D eigenvalue weighted by atomic mass is 10.2. The quantitative estimate of drug-likeness (QED) is 0.888. The number of nitrogens with one attached hydrogen (secondary N) is 1. The Morgan fingerprint density at radius 2 is 2.04 bits per heavy atom. The molecule has 1 N–H and O–H groups in total. The number of rotatable bonds is 4. The molecular weight excluding hydrogens is 360 g/mol. The Kier molecular flexibility index (Phi) is 5.55. The number of hydrogen-bond donors (Lipinski definition) is 1. The second-order valence-corrected chi connectivity index (χ2v) is 7.14. The van der Waals surface area contributed by atoms with Gasteiger partial charge < -0.3 is 15.1 Å². The predicted molar refractivity (Wildman–Crippen MR) is 100 cm³/mol. The molecule has 0 radical (unpaired) electrons. The van der Waals surface area contributed by atoms with Gasteiger partial charge in [-0.1, -0.05) is 17.7 Å². The van der Waals surface area contributed by atoms with Crippen molar-refractivity contribution in [2.75, 3.05) is 36.4 Å². The Balaban J connectivity index is 1.53. The van der Waals surface area contributed by atoms with Crippen LogP contribution in [-0.4, -0.2) is 47.9 Å². The van der Waals surface area contributed by atoms with Crippen LogP contribution in [0.2, 0.25) is 5.02 Å². The number of halogens is 1. The summed E-state index contributed by atoms with van der Waals surface area (Å²) in [5, 5.41) is 5.69. The maximum Gasteiger partial charge on any atom is 0.228 e. The number of benzene rings is 1. The molecule has 132 valence electrons. The first kappa shape index (κ1) is 17.7. The molecule has 1 aromatic carbocycles. The van der Waals surface area contributed by atoms with Crippen LogP contribution in [0, 0.1) is 0 Å². The summed E-state index contributed by atoms with van der Waals surface area (Å²) in [6, 6.07) is 7.76. The van der Waals surface area contributed by atoms with Crippen molar-refractivity contribution < 1.29 is 9.59 Å². The minimum Gasteiger partial charge on any atom is -0.368 e. The predicted octanol–water partition coefficient (Wildman–Crippen LogP) is 2.65. The second-order valence-electron chi connectivity index (χ2n) is 5.85. The van der Waals surface area contributed by atoms with Gasteiger partial charge in [-0.05, 0) is 18.2 Å². The topological polar surface area (TPSA) is 65.5 Å². The molecule has 0 spiro atoms. The first-order valence-corrected chi connectivity index (χ1v) is 9.27. The van der Waals surface area contributed by atoms with Crippen molar-refractivity contribution in [1.82, 2.24) is 9.88 Å². The minimum atomic E-state index is -0.163. The van der Waals surface area contributed by atoms with E-state index in [2.05, 4.69) is 15.2 Å². The summed E-state index contributed by atoms with van der Waals surface area (Å²) >= 11 is 7.37. The van der Waals surface area contributed by atoms with Crippen LogP contribution in [-0.2, 0) is 16.0 Å². The molecule has 8 heteroatoms. The third-order valence-electron chi connectivity index (χ3n) is 3.97. The highest BCUT2D eigenvalue weighted by molar-refractivity contribution is 7.13. The van der Waals surface area contributed by atoms with E-state index in [1.807, 2.05) is 34.5 Å². The van der Waals surface area contributed by atoms with Crippen LogP contribution >= 0.6 is 22.9 Å². The molecule has 2 amide bonds. The van der Waals surface area contributed by atoms with Gasteiger partial charge in [0, 0.05) is 49.2 Å². The van der Waals surface area contributed by atoms with E-state index in [9.17, 15) is 9.59 Å². The Morgan fingerprint density at radius 3 is 2.72 bits per heavy atom. The molecule has 6 nitrogen and oxygen atoms in total. The number of carbonyl (C=O) groups is 2. The first-order chi connectivity index (χ1) is 12.0. The number of carbonyl (C=O) groups excluding carboxylic acids is 2. The fraction of sp³-hybridized carbons (Fsp3) is 0.353. The summed E-state index contributed by atoms with van der Waals surface area (Å²) in [7, 11) is 0. The van der Waals surface area contributed by atoms with Gasteiger partial charge >= 0.3 is 0 Å². The minimum absolute atomic E-state index is 0.0606. The summed E-state index contributed by atoms with van der Waals surface area (Å²) < 4.78 is 0. The number of thiazole rings is 1. The van der Waals surface area contributed by atoms with Gasteiger partial charge in [0.05, 0.1) is 12.1 Å². The van der Waals surface area contributed by atoms with Gasteiger partial charge in [0.15, 0.2) is 5.13 Å². The lowest BCUT2D eigenvalue weighted by molar-refractivity contribution is -0.130. The van der Waals surface area contributed by atoms with Crippen molar-refractivity contribution in [2.24, 2.45) is 0 Å². The van der Waals surface area contributed by atoms with Gasteiger partial charge in [0.2, 0.25) is 11.8 Å². The highest BCUT2D eigenvalue weighted by Gasteiger charge is 2.22. The molecular formula is C17H19ClN4O2S. The van der Waals surface area contributed by atoms with Crippen LogP contribution in [0.25, 0.3) is 0 Å².